The Hall–Kier alpha value is -1.33. The zero-order valence-electron chi connectivity index (χ0n) is 14.6. The molecule has 0 amide bonds. The highest BCUT2D eigenvalue weighted by molar-refractivity contribution is 5.92. The van der Waals surface area contributed by atoms with Crippen LogP contribution in [0.1, 0.15) is 20.3 Å². The Morgan fingerprint density at radius 3 is 2.35 bits per heavy atom. The van der Waals surface area contributed by atoms with Gasteiger partial charge in [0.15, 0.2) is 6.21 Å². The number of nitrogens with zero attached hydrogens (tertiary/aromatic N) is 4. The summed E-state index contributed by atoms with van der Waals surface area (Å²) in [6, 6.07) is 0. The van der Waals surface area contributed by atoms with E-state index < -0.39 is 0 Å². The Labute approximate surface area is 139 Å². The fourth-order valence-electron chi connectivity index (χ4n) is 3.32. The van der Waals surface area contributed by atoms with Crippen LogP contribution in [0, 0.1) is 0 Å². The van der Waals surface area contributed by atoms with Crippen molar-refractivity contribution in [2.24, 2.45) is 0 Å². The predicted molar refractivity (Wildman–Crippen MR) is 94.6 cm³/mol. The quantitative estimate of drug-likeness (QED) is 0.722. The van der Waals surface area contributed by atoms with E-state index in [4.69, 9.17) is 4.74 Å². The molecule has 2 fully saturated rings. The minimum Gasteiger partial charge on any atom is -0.379 e. The van der Waals surface area contributed by atoms with Gasteiger partial charge >= 0.3 is 5.96 Å². The molecule has 3 heterocycles. The molecule has 6 nitrogen and oxygen atoms in total. The molecule has 6 heteroatoms. The molecule has 0 aromatic heterocycles. The topological polar surface area (TPSA) is 45.1 Å². The van der Waals surface area contributed by atoms with Crippen molar-refractivity contribution >= 4 is 12.2 Å². The van der Waals surface area contributed by atoms with Crippen molar-refractivity contribution in [2.75, 3.05) is 65.6 Å². The first-order valence-corrected chi connectivity index (χ1v) is 8.91. The van der Waals surface area contributed by atoms with Gasteiger partial charge < -0.3 is 4.74 Å². The molecular formula is C17H30N5O+. The zero-order chi connectivity index (χ0) is 16.1. The van der Waals surface area contributed by atoms with Crippen LogP contribution in [0.15, 0.2) is 11.3 Å². The van der Waals surface area contributed by atoms with Crippen molar-refractivity contribution < 1.29 is 4.74 Å². The summed E-state index contributed by atoms with van der Waals surface area (Å²) < 4.78 is 9.99. The van der Waals surface area contributed by atoms with Gasteiger partial charge in [-0.3, -0.25) is 9.80 Å². The van der Waals surface area contributed by atoms with E-state index in [1.165, 1.54) is 17.8 Å². The Morgan fingerprint density at radius 2 is 1.70 bits per heavy atom. The van der Waals surface area contributed by atoms with Gasteiger partial charge in [0.2, 0.25) is 0 Å². The lowest BCUT2D eigenvalue weighted by atomic mass is 10.2. The zero-order valence-corrected chi connectivity index (χ0v) is 14.6. The molecule has 3 rings (SSSR count). The monoisotopic (exact) mass is 320 g/mol. The van der Waals surface area contributed by atoms with E-state index in [0.29, 0.717) is 0 Å². The Kier molecular flexibility index (Phi) is 5.73. The van der Waals surface area contributed by atoms with E-state index in [-0.39, 0.29) is 0 Å². The van der Waals surface area contributed by atoms with Gasteiger partial charge in [0.05, 0.1) is 32.0 Å². The Morgan fingerprint density at radius 1 is 1.04 bits per heavy atom. The largest absolute Gasteiger partial charge is 0.445 e. The van der Waals surface area contributed by atoms with Gasteiger partial charge in [-0.1, -0.05) is 6.92 Å². The number of hydrogen-bond acceptors (Lipinski definition) is 5. The van der Waals surface area contributed by atoms with E-state index in [9.17, 15) is 0 Å². The number of piperazine rings is 1. The molecule has 0 unspecified atom stereocenters. The van der Waals surface area contributed by atoms with Crippen LogP contribution in [0.25, 0.3) is 0 Å². The predicted octanol–water partition coefficient (Wildman–Crippen LogP) is -0.283. The molecule has 0 saturated carbocycles. The van der Waals surface area contributed by atoms with Crippen LogP contribution in [0.4, 0.5) is 0 Å². The SMILES string of the molecule is CCC1=C(C)C=[N+]=C(N2CCN(CCN3CCOCC3)CC2)N1. The molecule has 0 aromatic carbocycles. The summed E-state index contributed by atoms with van der Waals surface area (Å²) >= 11 is 0. The summed E-state index contributed by atoms with van der Waals surface area (Å²) in [7, 11) is 0. The van der Waals surface area contributed by atoms with E-state index >= 15 is 0 Å². The van der Waals surface area contributed by atoms with Crippen LogP contribution in [0.3, 0.4) is 0 Å². The first-order chi connectivity index (χ1) is 11.3. The van der Waals surface area contributed by atoms with Crippen LogP contribution >= 0.6 is 0 Å². The summed E-state index contributed by atoms with van der Waals surface area (Å²) in [6.07, 6.45) is 3.02. The summed E-state index contributed by atoms with van der Waals surface area (Å²) in [6.45, 7) is 14.9. The summed E-state index contributed by atoms with van der Waals surface area (Å²) in [5, 5.41) is 3.50. The molecule has 2 saturated heterocycles. The van der Waals surface area contributed by atoms with Gasteiger partial charge in [-0.15, -0.1) is 0 Å². The molecule has 128 valence electrons. The molecule has 0 aliphatic carbocycles. The molecule has 1 N–H and O–H groups in total. The fraction of sp³-hybridized carbons (Fsp3) is 0.765. The third-order valence-corrected chi connectivity index (χ3v) is 4.98. The van der Waals surface area contributed by atoms with Gasteiger partial charge in [-0.25, -0.2) is 14.9 Å². The molecule has 3 aliphatic rings. The Balaban J connectivity index is 1.43. The molecular weight excluding hydrogens is 290 g/mol. The van der Waals surface area contributed by atoms with Crippen molar-refractivity contribution in [3.05, 3.63) is 11.3 Å². The Bertz CT molecular complexity index is 495. The fourth-order valence-corrected chi connectivity index (χ4v) is 3.32. The first-order valence-electron chi connectivity index (χ1n) is 8.91. The maximum atomic E-state index is 5.41. The average molecular weight is 320 g/mol. The summed E-state index contributed by atoms with van der Waals surface area (Å²) in [5.41, 5.74) is 2.55. The van der Waals surface area contributed by atoms with Crippen LogP contribution in [-0.4, -0.2) is 92.4 Å². The third kappa shape index (κ3) is 4.36. The van der Waals surface area contributed by atoms with Crippen LogP contribution in [0.2, 0.25) is 0 Å². The number of ether oxygens (including phenoxy) is 1. The molecule has 0 bridgehead atoms. The number of rotatable bonds is 4. The molecule has 0 aromatic rings. The van der Waals surface area contributed by atoms with E-state index in [2.05, 4.69) is 38.5 Å². The highest BCUT2D eigenvalue weighted by Gasteiger charge is 2.28. The second-order valence-electron chi connectivity index (χ2n) is 6.50. The second-order valence-corrected chi connectivity index (χ2v) is 6.50. The number of allylic oxidation sites excluding steroid dienone is 2. The van der Waals surface area contributed by atoms with Gasteiger partial charge in [-0.05, 0) is 13.3 Å². The van der Waals surface area contributed by atoms with Crippen LogP contribution < -0.4 is 9.98 Å². The van der Waals surface area contributed by atoms with Crippen molar-refractivity contribution in [3.63, 3.8) is 0 Å². The number of guanidine groups is 1. The first kappa shape index (κ1) is 16.5. The van der Waals surface area contributed by atoms with Crippen molar-refractivity contribution in [2.45, 2.75) is 20.3 Å². The van der Waals surface area contributed by atoms with Crippen LogP contribution in [0.5, 0.6) is 0 Å². The minimum atomic E-state index is 0.891. The molecule has 3 aliphatic heterocycles. The lowest BCUT2D eigenvalue weighted by Crippen LogP contribution is -2.54. The summed E-state index contributed by atoms with van der Waals surface area (Å²) in [4.78, 5) is 7.46. The molecule has 23 heavy (non-hydrogen) atoms. The van der Waals surface area contributed by atoms with Gasteiger partial charge in [0.1, 0.15) is 0 Å². The van der Waals surface area contributed by atoms with E-state index in [0.717, 1.165) is 71.4 Å². The van der Waals surface area contributed by atoms with Gasteiger partial charge in [-0.2, -0.15) is 0 Å². The van der Waals surface area contributed by atoms with Crippen LogP contribution in [-0.2, 0) is 4.74 Å². The van der Waals surface area contributed by atoms with Crippen molar-refractivity contribution in [1.82, 2.24) is 24.7 Å². The lowest BCUT2D eigenvalue weighted by molar-refractivity contribution is 0.0315. The third-order valence-electron chi connectivity index (χ3n) is 4.98. The van der Waals surface area contributed by atoms with Crippen molar-refractivity contribution in [1.29, 1.82) is 0 Å². The van der Waals surface area contributed by atoms with Gasteiger partial charge in [0.25, 0.3) is 0 Å². The van der Waals surface area contributed by atoms with E-state index in [1.54, 1.807) is 0 Å². The standard InChI is InChI=1S/C17H29N5O/c1-3-16-15(2)14-18-17(19-16)22-8-6-20(7-9-22)4-5-21-10-12-23-13-11-21/h14H,3-13H2,1-2H3/p+1. The molecule has 0 radical (unpaired) electrons. The average Bonchev–Trinajstić information content (AvgIpc) is 2.62. The maximum Gasteiger partial charge on any atom is 0.445 e. The normalized spacial score (nSPS) is 23.9. The molecule has 0 spiro atoms. The number of nitrogens with one attached hydrogen (secondary N) is 1. The molecule has 0 atom stereocenters. The van der Waals surface area contributed by atoms with Gasteiger partial charge in [0, 0.05) is 44.8 Å². The van der Waals surface area contributed by atoms with Crippen molar-refractivity contribution in [3.8, 4) is 0 Å². The minimum absolute atomic E-state index is 0.891. The number of hydrogen-bond donors (Lipinski definition) is 1. The summed E-state index contributed by atoms with van der Waals surface area (Å²) in [5.74, 6) is 1.03. The maximum absolute atomic E-state index is 5.41. The smallest absolute Gasteiger partial charge is 0.379 e. The lowest BCUT2D eigenvalue weighted by Gasteiger charge is -2.34. The highest BCUT2D eigenvalue weighted by Crippen LogP contribution is 2.08. The highest BCUT2D eigenvalue weighted by atomic mass is 16.5. The van der Waals surface area contributed by atoms with E-state index in [1.807, 2.05) is 6.21 Å². The second kappa shape index (κ2) is 7.97. The number of morpholine rings is 1.